The number of benzene rings is 3. The van der Waals surface area contributed by atoms with Gasteiger partial charge in [0, 0.05) is 21.8 Å². The smallest absolute Gasteiger partial charge is 0.332 e. The molecule has 4 aromatic rings. The third kappa shape index (κ3) is 6.88. The Kier molecular flexibility index (Phi) is 7.80. The Labute approximate surface area is 215 Å². The molecule has 0 aliphatic carbocycles. The van der Waals surface area contributed by atoms with Crippen LogP contribution in [-0.4, -0.2) is 10.1 Å². The lowest BCUT2D eigenvalue weighted by Crippen LogP contribution is -2.19. The van der Waals surface area contributed by atoms with E-state index in [1.807, 2.05) is 66.7 Å². The molecular formula is C25H18ClF3N4S2. The molecule has 0 aliphatic rings. The second kappa shape index (κ2) is 11.0. The molecule has 0 amide bonds. The Morgan fingerprint density at radius 3 is 2.14 bits per heavy atom. The number of halogens is 4. The van der Waals surface area contributed by atoms with Crippen molar-refractivity contribution in [2.75, 3.05) is 15.4 Å². The van der Waals surface area contributed by atoms with Gasteiger partial charge >= 0.3 is 6.18 Å². The molecule has 0 bridgehead atoms. The zero-order valence-electron chi connectivity index (χ0n) is 17.9. The van der Waals surface area contributed by atoms with Crippen molar-refractivity contribution in [3.8, 4) is 11.3 Å². The maximum absolute atomic E-state index is 13.0. The lowest BCUT2D eigenvalue weighted by Gasteiger charge is -2.14. The summed E-state index contributed by atoms with van der Waals surface area (Å²) in [6.45, 7) is 0. The lowest BCUT2D eigenvalue weighted by atomic mass is 10.1. The van der Waals surface area contributed by atoms with Crippen LogP contribution in [0.15, 0.2) is 96.0 Å². The monoisotopic (exact) mass is 530 g/mol. The van der Waals surface area contributed by atoms with Crippen LogP contribution in [0.4, 0.5) is 30.2 Å². The van der Waals surface area contributed by atoms with E-state index in [9.17, 15) is 13.2 Å². The van der Waals surface area contributed by atoms with Gasteiger partial charge in [-0.3, -0.25) is 4.98 Å². The second-order valence-electron chi connectivity index (χ2n) is 7.30. The molecule has 0 radical (unpaired) electrons. The molecule has 0 saturated carbocycles. The summed E-state index contributed by atoms with van der Waals surface area (Å²) < 4.78 is 42.4. The number of hydrogen-bond donors (Lipinski definition) is 3. The summed E-state index contributed by atoms with van der Waals surface area (Å²) >= 11 is 12.3. The van der Waals surface area contributed by atoms with Gasteiger partial charge in [0.25, 0.3) is 0 Å². The molecule has 0 spiro atoms. The first-order valence-electron chi connectivity index (χ1n) is 10.3. The quantitative estimate of drug-likeness (QED) is 0.172. The molecule has 0 aliphatic heterocycles. The predicted molar refractivity (Wildman–Crippen MR) is 142 cm³/mol. The molecule has 10 heteroatoms. The number of rotatable bonds is 6. The van der Waals surface area contributed by atoms with Crippen molar-refractivity contribution in [3.63, 3.8) is 0 Å². The molecule has 0 saturated heterocycles. The molecule has 0 fully saturated rings. The van der Waals surface area contributed by atoms with Gasteiger partial charge in [-0.2, -0.15) is 13.2 Å². The molecule has 4 nitrogen and oxygen atoms in total. The zero-order chi connectivity index (χ0) is 24.8. The third-order valence-electron chi connectivity index (χ3n) is 4.76. The van der Waals surface area contributed by atoms with Gasteiger partial charge in [-0.25, -0.2) is 0 Å². The maximum Gasteiger partial charge on any atom is 0.417 e. The van der Waals surface area contributed by atoms with Crippen molar-refractivity contribution >= 4 is 57.9 Å². The van der Waals surface area contributed by atoms with Gasteiger partial charge in [-0.05, 0) is 78.8 Å². The van der Waals surface area contributed by atoms with Crippen LogP contribution in [0, 0.1) is 0 Å². The normalized spacial score (nSPS) is 11.1. The fourth-order valence-electron chi connectivity index (χ4n) is 3.07. The summed E-state index contributed by atoms with van der Waals surface area (Å²) in [7, 11) is 0. The minimum absolute atomic E-state index is 0.156. The highest BCUT2D eigenvalue weighted by Gasteiger charge is 2.33. The summed E-state index contributed by atoms with van der Waals surface area (Å²) in [6.07, 6.45) is -2.78. The van der Waals surface area contributed by atoms with E-state index >= 15 is 0 Å². The molecule has 1 aromatic heterocycles. The van der Waals surface area contributed by atoms with Gasteiger partial charge in [0.15, 0.2) is 5.11 Å². The van der Waals surface area contributed by atoms with Crippen molar-refractivity contribution in [2.24, 2.45) is 0 Å². The van der Waals surface area contributed by atoms with Crippen LogP contribution in [0.2, 0.25) is 5.02 Å². The average Bonchev–Trinajstić information content (AvgIpc) is 2.85. The minimum atomic E-state index is -4.55. The van der Waals surface area contributed by atoms with Crippen LogP contribution in [0.5, 0.6) is 0 Å². The number of pyridine rings is 1. The predicted octanol–water partition coefficient (Wildman–Crippen LogP) is 8.35. The molecule has 35 heavy (non-hydrogen) atoms. The maximum atomic E-state index is 13.0. The highest BCUT2D eigenvalue weighted by Crippen LogP contribution is 2.36. The summed E-state index contributed by atoms with van der Waals surface area (Å²) in [5, 5.41) is 5.48. The van der Waals surface area contributed by atoms with Crippen molar-refractivity contribution in [1.82, 2.24) is 4.98 Å². The van der Waals surface area contributed by atoms with E-state index < -0.39 is 11.7 Å². The first-order chi connectivity index (χ1) is 16.8. The fraction of sp³-hybridized carbons (Fsp3) is 0.0400. The molecule has 1 heterocycles. The van der Waals surface area contributed by atoms with E-state index in [1.54, 1.807) is 6.20 Å². The van der Waals surface area contributed by atoms with E-state index in [0.29, 0.717) is 5.69 Å². The summed E-state index contributed by atoms with van der Waals surface area (Å²) in [6, 6.07) is 24.8. The number of anilines is 3. The van der Waals surface area contributed by atoms with E-state index in [2.05, 4.69) is 20.3 Å². The Morgan fingerprint density at radius 2 is 1.49 bits per heavy atom. The minimum Gasteiger partial charge on any atom is -0.332 e. The molecule has 0 unspecified atom stereocenters. The highest BCUT2D eigenvalue weighted by atomic mass is 35.5. The fourth-order valence-corrected chi connectivity index (χ4v) is 4.16. The lowest BCUT2D eigenvalue weighted by molar-refractivity contribution is -0.137. The summed E-state index contributed by atoms with van der Waals surface area (Å²) in [4.78, 5) is 5.44. The summed E-state index contributed by atoms with van der Waals surface area (Å²) in [5.41, 5.74) is 2.76. The Balaban J connectivity index is 1.30. The third-order valence-corrected chi connectivity index (χ3v) is 6.14. The topological polar surface area (TPSA) is 49.0 Å². The van der Waals surface area contributed by atoms with Gasteiger partial charge < -0.3 is 15.4 Å². The van der Waals surface area contributed by atoms with Crippen molar-refractivity contribution in [2.45, 2.75) is 11.1 Å². The Hall–Kier alpha value is -3.27. The molecule has 0 atom stereocenters. The van der Waals surface area contributed by atoms with Crippen LogP contribution in [0.3, 0.4) is 0 Å². The molecule has 3 N–H and O–H groups in total. The number of aromatic nitrogens is 1. The molecule has 3 aromatic carbocycles. The van der Waals surface area contributed by atoms with E-state index in [4.69, 9.17) is 23.8 Å². The van der Waals surface area contributed by atoms with Gasteiger partial charge in [0.1, 0.15) is 0 Å². The van der Waals surface area contributed by atoms with Crippen molar-refractivity contribution in [1.29, 1.82) is 0 Å². The van der Waals surface area contributed by atoms with Crippen LogP contribution in [-0.2, 0) is 6.18 Å². The van der Waals surface area contributed by atoms with Gasteiger partial charge in [-0.15, -0.1) is 0 Å². The van der Waals surface area contributed by atoms with Gasteiger partial charge in [-0.1, -0.05) is 41.9 Å². The number of alkyl halides is 3. The molecular weight excluding hydrogens is 513 g/mol. The van der Waals surface area contributed by atoms with Crippen LogP contribution < -0.4 is 15.4 Å². The number of hydrogen-bond acceptors (Lipinski definition) is 4. The van der Waals surface area contributed by atoms with E-state index in [1.165, 1.54) is 24.1 Å². The zero-order valence-corrected chi connectivity index (χ0v) is 20.3. The second-order valence-corrected chi connectivity index (χ2v) is 8.99. The highest BCUT2D eigenvalue weighted by molar-refractivity contribution is 8.00. The largest absolute Gasteiger partial charge is 0.417 e. The van der Waals surface area contributed by atoms with E-state index in [-0.39, 0.29) is 15.8 Å². The first kappa shape index (κ1) is 24.8. The van der Waals surface area contributed by atoms with Crippen LogP contribution in [0.25, 0.3) is 11.3 Å². The van der Waals surface area contributed by atoms with Crippen molar-refractivity contribution in [3.05, 3.63) is 102 Å². The summed E-state index contributed by atoms with van der Waals surface area (Å²) in [5.74, 6) is 0. The Bertz CT molecular complexity index is 1300. The van der Waals surface area contributed by atoms with Crippen LogP contribution in [0.1, 0.15) is 5.56 Å². The number of nitrogens with zero attached hydrogens (tertiary/aromatic N) is 1. The average molecular weight is 531 g/mol. The number of thiocarbonyl (C=S) groups is 1. The van der Waals surface area contributed by atoms with E-state index in [0.717, 1.165) is 27.9 Å². The SMILES string of the molecule is FC(F)(F)c1cc(NC(=S)Nc2ccc(SNc3ccc(-c4ccccc4)nc3)cc2)ccc1Cl. The Morgan fingerprint density at radius 1 is 0.829 bits per heavy atom. The van der Waals surface area contributed by atoms with Gasteiger partial charge in [0.05, 0.1) is 28.2 Å². The van der Waals surface area contributed by atoms with Crippen molar-refractivity contribution < 1.29 is 13.2 Å². The van der Waals surface area contributed by atoms with Crippen LogP contribution >= 0.6 is 35.8 Å². The molecule has 4 rings (SSSR count). The van der Waals surface area contributed by atoms with Gasteiger partial charge in [0.2, 0.25) is 0 Å². The molecule has 178 valence electrons. The standard InChI is InChI=1S/C25H18ClF3N4S2/c26-22-12-8-18(14-21(22)25(27,28)29)32-24(34)31-17-6-10-20(11-7-17)35-33-19-9-13-23(30-15-19)16-4-2-1-3-5-16/h1-15,33H,(H2,31,32,34). The number of nitrogens with one attached hydrogen (secondary N) is 3. The first-order valence-corrected chi connectivity index (χ1v) is 11.9.